The number of hydrogen-bond donors (Lipinski definition) is 0. The number of esters is 1. The molecule has 0 aliphatic carbocycles. The number of carbonyl (C=O) groups excluding carboxylic acids is 1. The molecule has 0 saturated carbocycles. The molecular formula is C27H27BrN2O6S. The highest BCUT2D eigenvalue weighted by Crippen LogP contribution is 2.41. The van der Waals surface area contributed by atoms with Crippen LogP contribution in [0.25, 0.3) is 6.08 Å². The van der Waals surface area contributed by atoms with Crippen LogP contribution in [0, 0.1) is 0 Å². The molecule has 0 spiro atoms. The van der Waals surface area contributed by atoms with Crippen LogP contribution in [0.2, 0.25) is 0 Å². The lowest BCUT2D eigenvalue weighted by molar-refractivity contribution is -0.139. The summed E-state index contributed by atoms with van der Waals surface area (Å²) in [6.45, 7) is 6.01. The molecular weight excluding hydrogens is 560 g/mol. The van der Waals surface area contributed by atoms with Crippen molar-refractivity contribution in [3.8, 4) is 17.2 Å². The van der Waals surface area contributed by atoms with Gasteiger partial charge in [0.15, 0.2) is 16.3 Å². The van der Waals surface area contributed by atoms with Gasteiger partial charge in [-0.2, -0.15) is 0 Å². The second kappa shape index (κ2) is 11.4. The number of fused-ring (bicyclic) bond motifs is 1. The van der Waals surface area contributed by atoms with Gasteiger partial charge in [-0.25, -0.2) is 9.79 Å². The van der Waals surface area contributed by atoms with Crippen LogP contribution >= 0.6 is 27.3 Å². The third kappa shape index (κ3) is 5.21. The maximum absolute atomic E-state index is 13.8. The van der Waals surface area contributed by atoms with E-state index in [1.165, 1.54) is 15.9 Å². The van der Waals surface area contributed by atoms with Crippen molar-refractivity contribution in [2.45, 2.75) is 26.8 Å². The summed E-state index contributed by atoms with van der Waals surface area (Å²) >= 11 is 4.89. The fourth-order valence-electron chi connectivity index (χ4n) is 4.16. The van der Waals surface area contributed by atoms with Gasteiger partial charge in [0.1, 0.15) is 5.75 Å². The summed E-state index contributed by atoms with van der Waals surface area (Å²) in [6, 6.07) is 10.2. The third-order valence-corrected chi connectivity index (χ3v) is 7.46. The van der Waals surface area contributed by atoms with Crippen LogP contribution in [0.5, 0.6) is 17.2 Å². The Bertz CT molecular complexity index is 1560. The van der Waals surface area contributed by atoms with Gasteiger partial charge in [-0.1, -0.05) is 39.4 Å². The van der Waals surface area contributed by atoms with Gasteiger partial charge in [-0.15, -0.1) is 0 Å². The highest BCUT2D eigenvalue weighted by molar-refractivity contribution is 9.10. The van der Waals surface area contributed by atoms with Crippen molar-refractivity contribution in [3.05, 3.63) is 83.0 Å². The Balaban J connectivity index is 1.99. The van der Waals surface area contributed by atoms with E-state index in [4.69, 9.17) is 18.9 Å². The van der Waals surface area contributed by atoms with E-state index in [9.17, 15) is 9.59 Å². The number of rotatable bonds is 8. The highest BCUT2D eigenvalue weighted by Gasteiger charge is 2.35. The zero-order chi connectivity index (χ0) is 26.7. The second-order valence-corrected chi connectivity index (χ2v) is 9.90. The van der Waals surface area contributed by atoms with Gasteiger partial charge >= 0.3 is 5.97 Å². The average molecular weight is 587 g/mol. The first-order valence-corrected chi connectivity index (χ1v) is 13.3. The zero-order valence-electron chi connectivity index (χ0n) is 21.2. The molecule has 0 N–H and O–H groups in total. The summed E-state index contributed by atoms with van der Waals surface area (Å²) in [5.41, 5.74) is 1.95. The van der Waals surface area contributed by atoms with Gasteiger partial charge in [0.25, 0.3) is 5.56 Å². The molecule has 194 valence electrons. The predicted octanol–water partition coefficient (Wildman–Crippen LogP) is 3.98. The molecule has 1 aliphatic rings. The summed E-state index contributed by atoms with van der Waals surface area (Å²) in [6.07, 6.45) is 1.79. The Morgan fingerprint density at radius 3 is 2.59 bits per heavy atom. The van der Waals surface area contributed by atoms with Crippen LogP contribution in [-0.4, -0.2) is 38.0 Å². The van der Waals surface area contributed by atoms with Crippen LogP contribution in [0.15, 0.2) is 61.9 Å². The first kappa shape index (κ1) is 26.7. The van der Waals surface area contributed by atoms with Crippen molar-refractivity contribution in [1.29, 1.82) is 0 Å². The standard InChI is InChI=1S/C27H27BrN2O6S/c1-6-35-21-14-19(28)18(13-20(21)34-5)24-23(26(32)36-7-2)15(3)29-27-30(24)25(31)22(37-27)12-16-9-8-10-17(11-16)33-4/h8-14,24H,6-7H2,1-5H3/b22-12+/t24-/m1/s1. The van der Waals surface area contributed by atoms with Gasteiger partial charge in [0, 0.05) is 4.47 Å². The first-order valence-electron chi connectivity index (χ1n) is 11.7. The zero-order valence-corrected chi connectivity index (χ0v) is 23.6. The van der Waals surface area contributed by atoms with Crippen molar-refractivity contribution < 1.29 is 23.7 Å². The minimum Gasteiger partial charge on any atom is -0.497 e. The summed E-state index contributed by atoms with van der Waals surface area (Å²) < 4.78 is 24.6. The predicted molar refractivity (Wildman–Crippen MR) is 145 cm³/mol. The number of allylic oxidation sites excluding steroid dienone is 1. The molecule has 8 nitrogen and oxygen atoms in total. The maximum Gasteiger partial charge on any atom is 0.338 e. The normalized spacial score (nSPS) is 15.2. The number of halogens is 1. The Morgan fingerprint density at radius 1 is 1.14 bits per heavy atom. The number of benzene rings is 2. The Hall–Kier alpha value is -3.37. The number of ether oxygens (including phenoxy) is 4. The number of hydrogen-bond acceptors (Lipinski definition) is 8. The van der Waals surface area contributed by atoms with Gasteiger partial charge in [-0.3, -0.25) is 9.36 Å². The van der Waals surface area contributed by atoms with E-state index in [2.05, 4.69) is 20.9 Å². The van der Waals surface area contributed by atoms with Crippen molar-refractivity contribution in [2.24, 2.45) is 4.99 Å². The smallest absolute Gasteiger partial charge is 0.338 e. The van der Waals surface area contributed by atoms with Crippen LogP contribution in [0.4, 0.5) is 0 Å². The lowest BCUT2D eigenvalue weighted by Crippen LogP contribution is -2.40. The molecule has 1 atom stereocenters. The number of nitrogens with zero attached hydrogens (tertiary/aromatic N) is 2. The molecule has 0 radical (unpaired) electrons. The number of carbonyl (C=O) groups is 1. The van der Waals surface area contributed by atoms with Gasteiger partial charge in [0.2, 0.25) is 0 Å². The molecule has 1 aliphatic heterocycles. The summed E-state index contributed by atoms with van der Waals surface area (Å²) in [7, 11) is 3.14. The van der Waals surface area contributed by atoms with Crippen molar-refractivity contribution in [2.75, 3.05) is 27.4 Å². The lowest BCUT2D eigenvalue weighted by atomic mass is 9.95. The molecule has 4 rings (SSSR count). The quantitative estimate of drug-likeness (QED) is 0.371. The first-order chi connectivity index (χ1) is 17.8. The summed E-state index contributed by atoms with van der Waals surface area (Å²) in [5.74, 6) is 1.18. The van der Waals surface area contributed by atoms with E-state index >= 15 is 0 Å². The Morgan fingerprint density at radius 2 is 1.92 bits per heavy atom. The van der Waals surface area contributed by atoms with Crippen molar-refractivity contribution in [1.82, 2.24) is 4.57 Å². The van der Waals surface area contributed by atoms with Crippen LogP contribution < -0.4 is 29.1 Å². The molecule has 0 unspecified atom stereocenters. The van der Waals surface area contributed by atoms with Crippen LogP contribution in [0.1, 0.15) is 37.9 Å². The van der Waals surface area contributed by atoms with E-state index in [1.807, 2.05) is 31.2 Å². The molecule has 0 amide bonds. The summed E-state index contributed by atoms with van der Waals surface area (Å²) in [5, 5.41) is 0. The topological polar surface area (TPSA) is 88.4 Å². The average Bonchev–Trinajstić information content (AvgIpc) is 3.18. The van der Waals surface area contributed by atoms with E-state index in [0.29, 0.717) is 48.9 Å². The fourth-order valence-corrected chi connectivity index (χ4v) is 5.74. The molecule has 10 heteroatoms. The number of methoxy groups -OCH3 is 2. The third-order valence-electron chi connectivity index (χ3n) is 5.79. The monoisotopic (exact) mass is 586 g/mol. The molecule has 0 fully saturated rings. The molecule has 3 aromatic rings. The molecule has 0 bridgehead atoms. The highest BCUT2D eigenvalue weighted by atomic mass is 79.9. The summed E-state index contributed by atoms with van der Waals surface area (Å²) in [4.78, 5) is 32.1. The largest absolute Gasteiger partial charge is 0.497 e. The molecule has 2 heterocycles. The SMILES string of the molecule is CCOC(=O)C1=C(C)N=c2s/c(=C/c3cccc(OC)c3)c(=O)n2[C@@H]1c1cc(OC)c(OCC)cc1Br. The van der Waals surface area contributed by atoms with E-state index in [-0.39, 0.29) is 17.7 Å². The van der Waals surface area contributed by atoms with Gasteiger partial charge in [0.05, 0.1) is 49.3 Å². The van der Waals surface area contributed by atoms with E-state index in [1.54, 1.807) is 46.3 Å². The van der Waals surface area contributed by atoms with Crippen molar-refractivity contribution >= 4 is 39.3 Å². The Labute approximate surface area is 226 Å². The van der Waals surface area contributed by atoms with Gasteiger partial charge in [-0.05, 0) is 62.2 Å². The molecule has 2 aromatic carbocycles. The van der Waals surface area contributed by atoms with E-state index < -0.39 is 12.0 Å². The van der Waals surface area contributed by atoms with Gasteiger partial charge < -0.3 is 18.9 Å². The minimum atomic E-state index is -0.790. The van der Waals surface area contributed by atoms with Crippen LogP contribution in [-0.2, 0) is 9.53 Å². The fraction of sp³-hybridized carbons (Fsp3) is 0.296. The second-order valence-electron chi connectivity index (χ2n) is 8.04. The lowest BCUT2D eigenvalue weighted by Gasteiger charge is -2.26. The maximum atomic E-state index is 13.8. The number of aromatic nitrogens is 1. The van der Waals surface area contributed by atoms with Crippen molar-refractivity contribution in [3.63, 3.8) is 0 Å². The van der Waals surface area contributed by atoms with E-state index in [0.717, 1.165) is 5.56 Å². The van der Waals surface area contributed by atoms with Crippen LogP contribution in [0.3, 0.4) is 0 Å². The Kier molecular flexibility index (Phi) is 8.19. The molecule has 37 heavy (non-hydrogen) atoms. The number of thiazole rings is 1. The minimum absolute atomic E-state index is 0.191. The molecule has 0 saturated heterocycles. The molecule has 1 aromatic heterocycles.